The van der Waals surface area contributed by atoms with Gasteiger partial charge >= 0.3 is 0 Å². The molecule has 0 saturated carbocycles. The Morgan fingerprint density at radius 3 is 2.55 bits per heavy atom. The summed E-state index contributed by atoms with van der Waals surface area (Å²) in [5.41, 5.74) is 4.11. The van der Waals surface area contributed by atoms with Crippen LogP contribution in [0, 0.1) is 5.92 Å². The first-order chi connectivity index (χ1) is 10.9. The third kappa shape index (κ3) is 2.61. The van der Waals surface area contributed by atoms with Gasteiger partial charge in [-0.1, -0.05) is 36.4 Å². The largest absolute Gasteiger partial charge is 0.371 e. The number of H-pyrrole nitrogens is 1. The normalized spacial score (nSPS) is 16.3. The Balaban J connectivity index is 1.45. The molecule has 0 radical (unpaired) electrons. The average Bonchev–Trinajstić information content (AvgIpc) is 3.05. The van der Waals surface area contributed by atoms with Crippen molar-refractivity contribution in [3.63, 3.8) is 0 Å². The Morgan fingerprint density at radius 2 is 1.73 bits per heavy atom. The Labute approximate surface area is 131 Å². The molecule has 0 amide bonds. The molecule has 4 rings (SSSR count). The lowest BCUT2D eigenvalue weighted by Gasteiger charge is -2.34. The van der Waals surface area contributed by atoms with E-state index in [2.05, 4.69) is 64.5 Å². The molecule has 22 heavy (non-hydrogen) atoms. The lowest BCUT2D eigenvalue weighted by molar-refractivity contribution is 0.404. The molecule has 1 saturated heterocycles. The van der Waals surface area contributed by atoms with Crippen LogP contribution in [0.1, 0.15) is 18.4 Å². The molecule has 2 heterocycles. The number of piperidine rings is 1. The maximum absolute atomic E-state index is 3.31. The molecule has 3 aromatic rings. The first-order valence-corrected chi connectivity index (χ1v) is 8.25. The Bertz CT molecular complexity index is 737. The van der Waals surface area contributed by atoms with Gasteiger partial charge in [-0.3, -0.25) is 0 Å². The third-order valence-electron chi connectivity index (χ3n) is 4.89. The van der Waals surface area contributed by atoms with Gasteiger partial charge in [-0.05, 0) is 48.9 Å². The number of hydrogen-bond donors (Lipinski definition) is 1. The number of hydrogen-bond acceptors (Lipinski definition) is 1. The van der Waals surface area contributed by atoms with E-state index in [1.54, 1.807) is 0 Å². The SMILES string of the molecule is c1ccc(CC2CCN(c3cccc4[nH]ccc34)CC2)cc1. The highest BCUT2D eigenvalue weighted by atomic mass is 15.1. The van der Waals surface area contributed by atoms with E-state index in [0.29, 0.717) is 0 Å². The van der Waals surface area contributed by atoms with Gasteiger partial charge in [0.2, 0.25) is 0 Å². The van der Waals surface area contributed by atoms with Crippen LogP contribution in [-0.2, 0) is 6.42 Å². The predicted octanol–water partition coefficient (Wildman–Crippen LogP) is 4.63. The van der Waals surface area contributed by atoms with Crippen LogP contribution in [0.15, 0.2) is 60.8 Å². The first kappa shape index (κ1) is 13.4. The number of nitrogens with one attached hydrogen (secondary N) is 1. The van der Waals surface area contributed by atoms with Crippen molar-refractivity contribution in [3.05, 3.63) is 66.4 Å². The molecular formula is C20H22N2. The number of benzene rings is 2. The van der Waals surface area contributed by atoms with Gasteiger partial charge in [0.05, 0.1) is 0 Å². The fourth-order valence-electron chi connectivity index (χ4n) is 3.67. The number of anilines is 1. The van der Waals surface area contributed by atoms with Crippen LogP contribution in [0.5, 0.6) is 0 Å². The van der Waals surface area contributed by atoms with E-state index >= 15 is 0 Å². The van der Waals surface area contributed by atoms with E-state index in [9.17, 15) is 0 Å². The minimum absolute atomic E-state index is 0.823. The molecule has 0 unspecified atom stereocenters. The molecular weight excluding hydrogens is 268 g/mol. The molecule has 1 fully saturated rings. The summed E-state index contributed by atoms with van der Waals surface area (Å²) >= 11 is 0. The van der Waals surface area contributed by atoms with Gasteiger partial charge in [0.1, 0.15) is 0 Å². The van der Waals surface area contributed by atoms with E-state index in [1.165, 1.54) is 54.5 Å². The first-order valence-electron chi connectivity index (χ1n) is 8.25. The van der Waals surface area contributed by atoms with E-state index < -0.39 is 0 Å². The smallest absolute Gasteiger partial charge is 0.0474 e. The molecule has 1 N–H and O–H groups in total. The van der Waals surface area contributed by atoms with Gasteiger partial charge in [0.15, 0.2) is 0 Å². The fraction of sp³-hybridized carbons (Fsp3) is 0.300. The molecule has 0 atom stereocenters. The van der Waals surface area contributed by atoms with Crippen LogP contribution in [0.4, 0.5) is 5.69 Å². The highest BCUT2D eigenvalue weighted by Gasteiger charge is 2.20. The van der Waals surface area contributed by atoms with Crippen molar-refractivity contribution >= 4 is 16.6 Å². The number of aromatic nitrogens is 1. The molecule has 2 nitrogen and oxygen atoms in total. The van der Waals surface area contributed by atoms with Crippen LogP contribution >= 0.6 is 0 Å². The Kier molecular flexibility index (Phi) is 3.59. The average molecular weight is 290 g/mol. The topological polar surface area (TPSA) is 19.0 Å². The number of aromatic amines is 1. The van der Waals surface area contributed by atoms with Crippen LogP contribution in [0.2, 0.25) is 0 Å². The third-order valence-corrected chi connectivity index (χ3v) is 4.89. The predicted molar refractivity (Wildman–Crippen MR) is 93.4 cm³/mol. The summed E-state index contributed by atoms with van der Waals surface area (Å²) in [6.07, 6.45) is 5.84. The minimum atomic E-state index is 0.823. The van der Waals surface area contributed by atoms with Crippen LogP contribution in [0.3, 0.4) is 0 Å². The summed E-state index contributed by atoms with van der Waals surface area (Å²) in [4.78, 5) is 5.87. The quantitative estimate of drug-likeness (QED) is 0.745. The van der Waals surface area contributed by atoms with E-state index in [1.807, 2.05) is 6.20 Å². The molecule has 2 heteroatoms. The summed E-state index contributed by atoms with van der Waals surface area (Å²) in [6, 6.07) is 19.7. The maximum Gasteiger partial charge on any atom is 0.0474 e. The Morgan fingerprint density at radius 1 is 0.909 bits per heavy atom. The molecule has 0 bridgehead atoms. The van der Waals surface area contributed by atoms with E-state index in [-0.39, 0.29) is 0 Å². The molecule has 2 aromatic carbocycles. The zero-order chi connectivity index (χ0) is 14.8. The van der Waals surface area contributed by atoms with Crippen molar-refractivity contribution in [2.24, 2.45) is 5.92 Å². The van der Waals surface area contributed by atoms with Crippen molar-refractivity contribution < 1.29 is 0 Å². The van der Waals surface area contributed by atoms with Gasteiger partial charge < -0.3 is 9.88 Å². The van der Waals surface area contributed by atoms with Crippen LogP contribution in [-0.4, -0.2) is 18.1 Å². The molecule has 112 valence electrons. The zero-order valence-electron chi connectivity index (χ0n) is 12.8. The lowest BCUT2D eigenvalue weighted by atomic mass is 9.90. The summed E-state index contributed by atoms with van der Waals surface area (Å²) < 4.78 is 0. The van der Waals surface area contributed by atoms with Crippen molar-refractivity contribution in [1.29, 1.82) is 0 Å². The van der Waals surface area contributed by atoms with Crippen molar-refractivity contribution in [2.75, 3.05) is 18.0 Å². The van der Waals surface area contributed by atoms with Gasteiger partial charge in [0, 0.05) is 35.9 Å². The fourth-order valence-corrected chi connectivity index (χ4v) is 3.67. The monoisotopic (exact) mass is 290 g/mol. The molecule has 1 aliphatic rings. The molecule has 1 aliphatic heterocycles. The number of nitrogens with zero attached hydrogens (tertiary/aromatic N) is 1. The second-order valence-corrected chi connectivity index (χ2v) is 6.34. The van der Waals surface area contributed by atoms with Crippen molar-refractivity contribution in [2.45, 2.75) is 19.3 Å². The summed E-state index contributed by atoms with van der Waals surface area (Å²) in [7, 11) is 0. The summed E-state index contributed by atoms with van der Waals surface area (Å²) in [5.74, 6) is 0.823. The van der Waals surface area contributed by atoms with Gasteiger partial charge in [-0.15, -0.1) is 0 Å². The second-order valence-electron chi connectivity index (χ2n) is 6.34. The van der Waals surface area contributed by atoms with E-state index in [4.69, 9.17) is 0 Å². The summed E-state index contributed by atoms with van der Waals surface area (Å²) in [5, 5.41) is 1.35. The summed E-state index contributed by atoms with van der Waals surface area (Å²) in [6.45, 7) is 2.34. The minimum Gasteiger partial charge on any atom is -0.371 e. The van der Waals surface area contributed by atoms with Gasteiger partial charge in [-0.25, -0.2) is 0 Å². The van der Waals surface area contributed by atoms with Gasteiger partial charge in [0.25, 0.3) is 0 Å². The second kappa shape index (κ2) is 5.88. The highest BCUT2D eigenvalue weighted by molar-refractivity contribution is 5.92. The molecule has 0 spiro atoms. The molecule has 1 aromatic heterocycles. The number of rotatable bonds is 3. The lowest BCUT2D eigenvalue weighted by Crippen LogP contribution is -2.34. The van der Waals surface area contributed by atoms with Crippen LogP contribution < -0.4 is 4.90 Å². The van der Waals surface area contributed by atoms with E-state index in [0.717, 1.165) is 5.92 Å². The Hall–Kier alpha value is -2.22. The van der Waals surface area contributed by atoms with Gasteiger partial charge in [-0.2, -0.15) is 0 Å². The maximum atomic E-state index is 3.31. The number of fused-ring (bicyclic) bond motifs is 1. The van der Waals surface area contributed by atoms with Crippen molar-refractivity contribution in [3.8, 4) is 0 Å². The van der Waals surface area contributed by atoms with Crippen molar-refractivity contribution in [1.82, 2.24) is 4.98 Å². The standard InChI is InChI=1S/C20H22N2/c1-2-5-16(6-3-1)15-17-10-13-22(14-11-17)20-8-4-7-19-18(20)9-12-21-19/h1-9,12,17,21H,10-11,13-15H2. The van der Waals surface area contributed by atoms with Crippen LogP contribution in [0.25, 0.3) is 10.9 Å². The molecule has 0 aliphatic carbocycles. The highest BCUT2D eigenvalue weighted by Crippen LogP contribution is 2.30. The zero-order valence-corrected chi connectivity index (χ0v) is 12.8.